The molecular weight excluding hydrogens is 1330 g/mol. The Morgan fingerprint density at radius 2 is 0.647 bits per heavy atom. The van der Waals surface area contributed by atoms with Gasteiger partial charge in [-0.3, -0.25) is 19.2 Å². The number of anilines is 8. The molecule has 0 radical (unpaired) electrons. The quantitative estimate of drug-likeness (QED) is 0.0442. The standard InChI is InChI=1S/C20H20N4O2.C18H15F3N4O2.C17H13F3N4O2.C17H16N4O2/c1-12(25)22-16-7-4-14(5-8-16)15-6-9-18-17(10-15)19(24-20(21)23-18)26-11-13-2-3-13;1-10(26)23-13-5-2-11(3-6-13)12-4-7-15-14(8-12)16(25-17(22)24-15)27-9-18(19,20)21;1-9(25)22-12-5-2-10(3-6-12)11-4-7-14-13(8-11)15(24-16(21)23-14)26-17(18,19)20;1-10(22)19-13-6-3-11(4-7-13)12-5-8-15-14(9-12)16(23-2)21-17(18)20-15/h4-10,13H,2-3,11H2,1H3,(H,22,25)(H2,21,23,24);2-8H,9H2,1H3,(H,23,26)(H2,22,24,25);2-8H,1H3,(H,22,25)(H2,21,23,24);3-9H,1-2H3,(H,19,22)(H2,18,20,21). The normalized spacial score (nSPS) is 11.8. The molecule has 24 nitrogen and oxygen atoms in total. The lowest BCUT2D eigenvalue weighted by Crippen LogP contribution is -2.20. The van der Waals surface area contributed by atoms with Crippen molar-refractivity contribution in [1.82, 2.24) is 39.9 Å². The first-order chi connectivity index (χ1) is 48.6. The van der Waals surface area contributed by atoms with E-state index in [2.05, 4.69) is 65.9 Å². The number of aromatic nitrogens is 8. The zero-order chi connectivity index (χ0) is 73.0. The summed E-state index contributed by atoms with van der Waals surface area (Å²) in [6.45, 7) is 4.97. The zero-order valence-corrected chi connectivity index (χ0v) is 55.0. The van der Waals surface area contributed by atoms with Crippen LogP contribution in [0.2, 0.25) is 0 Å². The van der Waals surface area contributed by atoms with Crippen LogP contribution in [0.4, 0.5) is 72.9 Å². The highest BCUT2D eigenvalue weighted by atomic mass is 19.4. The van der Waals surface area contributed by atoms with Crippen molar-refractivity contribution in [1.29, 1.82) is 0 Å². The number of nitrogen functional groups attached to an aromatic ring is 4. The number of carbonyl (C=O) groups excluding carboxylic acids is 4. The van der Waals surface area contributed by atoms with Crippen molar-refractivity contribution in [3.05, 3.63) is 170 Å². The number of nitrogens with one attached hydrogen (secondary N) is 4. The van der Waals surface area contributed by atoms with E-state index >= 15 is 0 Å². The fourth-order valence-corrected chi connectivity index (χ4v) is 10.2. The molecule has 1 fully saturated rings. The van der Waals surface area contributed by atoms with Crippen LogP contribution in [0, 0.1) is 5.92 Å². The van der Waals surface area contributed by atoms with Crippen LogP contribution in [0.25, 0.3) is 88.1 Å². The molecule has 30 heteroatoms. The number of fused-ring (bicyclic) bond motifs is 4. The first kappa shape index (κ1) is 71.7. The molecule has 8 aromatic carbocycles. The van der Waals surface area contributed by atoms with Gasteiger partial charge < -0.3 is 63.1 Å². The largest absolute Gasteiger partial charge is 0.574 e. The molecule has 522 valence electrons. The van der Waals surface area contributed by atoms with Gasteiger partial charge in [0.1, 0.15) is 0 Å². The first-order valence-corrected chi connectivity index (χ1v) is 31.0. The smallest absolute Gasteiger partial charge is 0.480 e. The van der Waals surface area contributed by atoms with Gasteiger partial charge in [-0.25, -0.2) is 19.9 Å². The fourth-order valence-electron chi connectivity index (χ4n) is 10.2. The molecule has 4 heterocycles. The van der Waals surface area contributed by atoms with E-state index in [9.17, 15) is 45.5 Å². The Morgan fingerprint density at radius 3 is 0.922 bits per heavy atom. The Kier molecular flexibility index (Phi) is 22.0. The molecular formula is C72H64F6N16O8. The lowest BCUT2D eigenvalue weighted by Gasteiger charge is -2.12. The average Bonchev–Trinajstić information content (AvgIpc) is 1.30. The summed E-state index contributed by atoms with van der Waals surface area (Å²) in [5.74, 6) is 0.0726. The van der Waals surface area contributed by atoms with Crippen molar-refractivity contribution >= 4 is 114 Å². The molecule has 1 aliphatic rings. The second-order valence-electron chi connectivity index (χ2n) is 22.9. The van der Waals surface area contributed by atoms with Crippen molar-refractivity contribution in [3.63, 3.8) is 0 Å². The molecule has 13 rings (SSSR count). The zero-order valence-electron chi connectivity index (χ0n) is 55.0. The van der Waals surface area contributed by atoms with Crippen LogP contribution in [0.5, 0.6) is 23.5 Å². The first-order valence-electron chi connectivity index (χ1n) is 31.0. The number of halogens is 6. The molecule has 102 heavy (non-hydrogen) atoms. The number of alkyl halides is 6. The molecule has 1 saturated carbocycles. The van der Waals surface area contributed by atoms with Gasteiger partial charge in [0, 0.05) is 50.4 Å². The Bertz CT molecular complexity index is 5070. The number of hydrogen-bond acceptors (Lipinski definition) is 20. The third-order valence-electron chi connectivity index (χ3n) is 14.8. The summed E-state index contributed by atoms with van der Waals surface area (Å²) >= 11 is 0. The number of carbonyl (C=O) groups is 4. The number of rotatable bonds is 15. The van der Waals surface area contributed by atoms with Crippen LogP contribution in [-0.2, 0) is 19.2 Å². The number of nitrogens with two attached hydrogens (primary N) is 4. The van der Waals surface area contributed by atoms with Crippen LogP contribution in [0.15, 0.2) is 170 Å². The summed E-state index contributed by atoms with van der Waals surface area (Å²) in [6.07, 6.45) is -6.97. The fraction of sp³-hybridized carbons (Fsp3) is 0.167. The second kappa shape index (κ2) is 31.2. The number of amides is 4. The Morgan fingerprint density at radius 1 is 0.382 bits per heavy atom. The Labute approximate surface area is 577 Å². The van der Waals surface area contributed by atoms with Crippen LogP contribution in [-0.4, -0.2) is 96.4 Å². The molecule has 0 saturated heterocycles. The molecule has 0 spiro atoms. The van der Waals surface area contributed by atoms with E-state index in [1.54, 1.807) is 79.9 Å². The topological polar surface area (TPSA) is 361 Å². The van der Waals surface area contributed by atoms with E-state index in [4.69, 9.17) is 37.1 Å². The monoisotopic (exact) mass is 1390 g/mol. The maximum Gasteiger partial charge on any atom is 0.574 e. The lowest BCUT2D eigenvalue weighted by atomic mass is 10.0. The Balaban J connectivity index is 0.000000147. The van der Waals surface area contributed by atoms with Gasteiger partial charge in [0.2, 0.25) is 70.9 Å². The van der Waals surface area contributed by atoms with E-state index in [0.717, 1.165) is 72.1 Å². The highest BCUT2D eigenvalue weighted by molar-refractivity contribution is 5.95. The number of benzene rings is 8. The molecule has 4 amide bonds. The molecule has 1 aliphatic carbocycles. The van der Waals surface area contributed by atoms with Gasteiger partial charge >= 0.3 is 12.5 Å². The minimum Gasteiger partial charge on any atom is -0.480 e. The SMILES string of the molecule is CC(=O)Nc1ccc(-c2ccc3nc(N)nc(OC(F)(F)F)c3c2)cc1.CC(=O)Nc1ccc(-c2ccc3nc(N)nc(OCC(F)(F)F)c3c2)cc1.CC(=O)Nc1ccc(-c2ccc3nc(N)nc(OCC4CC4)c3c2)cc1.COc1nc(N)nc2ccc(-c3ccc(NC(C)=O)cc3)cc12. The number of hydrogen-bond donors (Lipinski definition) is 8. The van der Waals surface area contributed by atoms with Gasteiger partial charge in [-0.15, -0.1) is 13.2 Å². The van der Waals surface area contributed by atoms with Gasteiger partial charge in [0.25, 0.3) is 0 Å². The van der Waals surface area contributed by atoms with Crippen LogP contribution < -0.4 is 63.1 Å². The van der Waals surface area contributed by atoms with Gasteiger partial charge in [0.15, 0.2) is 6.61 Å². The minimum absolute atomic E-state index is 0.0833. The van der Waals surface area contributed by atoms with Crippen molar-refractivity contribution in [2.45, 2.75) is 53.1 Å². The number of nitrogens with zero attached hydrogens (tertiary/aromatic N) is 8. The molecule has 12 N–H and O–H groups in total. The molecule has 0 bridgehead atoms. The Hall–Kier alpha value is -13.0. The summed E-state index contributed by atoms with van der Waals surface area (Å²) in [5, 5.41) is 12.9. The number of methoxy groups -OCH3 is 1. The summed E-state index contributed by atoms with van der Waals surface area (Å²) in [5.41, 5.74) is 34.3. The predicted octanol–water partition coefficient (Wildman–Crippen LogP) is 14.0. The second-order valence-corrected chi connectivity index (χ2v) is 22.9. The molecule has 4 aromatic heterocycles. The third kappa shape index (κ3) is 19.9. The number of ether oxygens (including phenoxy) is 4. The van der Waals surface area contributed by atoms with E-state index in [0.29, 0.717) is 52.1 Å². The third-order valence-corrected chi connectivity index (χ3v) is 14.8. The highest BCUT2D eigenvalue weighted by Gasteiger charge is 2.33. The van der Waals surface area contributed by atoms with E-state index in [1.807, 2.05) is 84.9 Å². The van der Waals surface area contributed by atoms with Gasteiger partial charge in [-0.2, -0.15) is 33.1 Å². The summed E-state index contributed by atoms with van der Waals surface area (Å²) < 4.78 is 95.3. The van der Waals surface area contributed by atoms with Gasteiger partial charge in [-0.1, -0.05) is 72.8 Å². The van der Waals surface area contributed by atoms with E-state index < -0.39 is 25.0 Å². The predicted molar refractivity (Wildman–Crippen MR) is 378 cm³/mol. The minimum atomic E-state index is -4.90. The average molecular weight is 1400 g/mol. The van der Waals surface area contributed by atoms with Gasteiger partial charge in [-0.05, 0) is 160 Å². The maximum absolute atomic E-state index is 12.6. The van der Waals surface area contributed by atoms with Gasteiger partial charge in [0.05, 0.1) is 57.3 Å². The van der Waals surface area contributed by atoms with E-state index in [1.165, 1.54) is 52.7 Å². The summed E-state index contributed by atoms with van der Waals surface area (Å²) in [6, 6.07) is 50.6. The van der Waals surface area contributed by atoms with Crippen molar-refractivity contribution in [3.8, 4) is 68.0 Å². The van der Waals surface area contributed by atoms with E-state index in [-0.39, 0.29) is 64.2 Å². The van der Waals surface area contributed by atoms with Crippen molar-refractivity contribution in [2.75, 3.05) is 64.5 Å². The maximum atomic E-state index is 12.6. The molecule has 0 atom stereocenters. The van der Waals surface area contributed by atoms with Crippen LogP contribution >= 0.6 is 0 Å². The van der Waals surface area contributed by atoms with Crippen molar-refractivity contribution < 1.29 is 64.5 Å². The molecule has 12 aromatic rings. The van der Waals surface area contributed by atoms with Crippen molar-refractivity contribution in [2.24, 2.45) is 5.92 Å². The lowest BCUT2D eigenvalue weighted by molar-refractivity contribution is -0.275. The summed E-state index contributed by atoms with van der Waals surface area (Å²) in [4.78, 5) is 76.5. The summed E-state index contributed by atoms with van der Waals surface area (Å²) in [7, 11) is 1.55. The van der Waals surface area contributed by atoms with Crippen LogP contribution in [0.1, 0.15) is 40.5 Å². The molecule has 0 unspecified atom stereocenters. The highest BCUT2D eigenvalue weighted by Crippen LogP contribution is 2.37. The van der Waals surface area contributed by atoms with Crippen LogP contribution in [0.3, 0.4) is 0 Å². The molecule has 0 aliphatic heterocycles.